The molecule has 0 unspecified atom stereocenters. The van der Waals surface area contributed by atoms with E-state index >= 15 is 0 Å². The molecule has 128 valence electrons. The third kappa shape index (κ3) is 3.08. The van der Waals surface area contributed by atoms with E-state index in [-0.39, 0.29) is 17.7 Å². The van der Waals surface area contributed by atoms with Gasteiger partial charge < -0.3 is 4.90 Å². The van der Waals surface area contributed by atoms with Gasteiger partial charge in [0.1, 0.15) is 0 Å². The molecule has 1 amide bonds. The minimum Gasteiger partial charge on any atom is -0.340 e. The van der Waals surface area contributed by atoms with Crippen molar-refractivity contribution < 1.29 is 4.79 Å². The van der Waals surface area contributed by atoms with Gasteiger partial charge in [-0.1, -0.05) is 43.1 Å². The minimum atomic E-state index is -0.281. The van der Waals surface area contributed by atoms with E-state index in [2.05, 4.69) is 49.2 Å². The maximum atomic E-state index is 11.8. The number of hydrogen-bond acceptors (Lipinski definition) is 3. The summed E-state index contributed by atoms with van der Waals surface area (Å²) in [7, 11) is 0. The summed E-state index contributed by atoms with van der Waals surface area (Å²) in [6, 6.07) is 12.3. The molecule has 0 spiro atoms. The van der Waals surface area contributed by atoms with Gasteiger partial charge in [-0.05, 0) is 42.3 Å². The van der Waals surface area contributed by atoms with Crippen molar-refractivity contribution in [2.45, 2.75) is 32.6 Å². The number of aryl methyl sites for hydroxylation is 1. The van der Waals surface area contributed by atoms with Gasteiger partial charge in [0.25, 0.3) is 0 Å². The van der Waals surface area contributed by atoms with Crippen LogP contribution in [0.2, 0.25) is 5.02 Å². The van der Waals surface area contributed by atoms with E-state index in [1.54, 1.807) is 6.19 Å². The van der Waals surface area contributed by atoms with Gasteiger partial charge >= 0.3 is 0 Å². The molecule has 0 bridgehead atoms. The molecule has 1 heterocycles. The maximum Gasteiger partial charge on any atom is 0.234 e. The van der Waals surface area contributed by atoms with Crippen LogP contribution in [0.1, 0.15) is 37.0 Å². The van der Waals surface area contributed by atoms with Crippen LogP contribution in [0.3, 0.4) is 0 Å². The predicted octanol–water partition coefficient (Wildman–Crippen LogP) is 4.41. The third-order valence-corrected chi connectivity index (χ3v) is 5.03. The number of rotatable bonds is 3. The number of carbonyl (C=O) groups excluding carboxylic acids is 1. The van der Waals surface area contributed by atoms with Gasteiger partial charge in [-0.2, -0.15) is 5.26 Å². The number of benzene rings is 2. The van der Waals surface area contributed by atoms with E-state index in [9.17, 15) is 4.79 Å². The van der Waals surface area contributed by atoms with E-state index in [4.69, 9.17) is 16.9 Å². The van der Waals surface area contributed by atoms with Crippen molar-refractivity contribution in [1.29, 1.82) is 5.26 Å². The molecule has 4 nitrogen and oxygen atoms in total. The van der Waals surface area contributed by atoms with Crippen LogP contribution in [-0.4, -0.2) is 12.5 Å². The topological polar surface area (TPSA) is 56.1 Å². The molecule has 1 aliphatic rings. The highest BCUT2D eigenvalue weighted by atomic mass is 35.5. The highest BCUT2D eigenvalue weighted by molar-refractivity contribution is 6.30. The van der Waals surface area contributed by atoms with E-state index in [0.717, 1.165) is 16.9 Å². The summed E-state index contributed by atoms with van der Waals surface area (Å²) in [6.07, 6.45) is 1.93. The van der Waals surface area contributed by atoms with Crippen molar-refractivity contribution >= 4 is 28.9 Å². The molecule has 3 rings (SSSR count). The molecule has 0 aromatic heterocycles. The van der Waals surface area contributed by atoms with Crippen LogP contribution < -0.4 is 10.2 Å². The van der Waals surface area contributed by atoms with Crippen LogP contribution in [0.4, 0.5) is 11.4 Å². The van der Waals surface area contributed by atoms with Crippen molar-refractivity contribution in [3.63, 3.8) is 0 Å². The molecular formula is C20H20ClN3O. The summed E-state index contributed by atoms with van der Waals surface area (Å²) in [5, 5.41) is 11.5. The lowest BCUT2D eigenvalue weighted by atomic mass is 9.73. The first-order valence-electron chi connectivity index (χ1n) is 8.21. The standard InChI is InChI=1S/C20H20ClN3O/c1-13-4-6-17-15(10-13)20(2,3)16-11-14(21)5-7-18(16)24(17)9-8-19(25)23-12-22/h4-7,10-11H,8-9H2,1-3H3,(H,23,25). The van der Waals surface area contributed by atoms with Crippen LogP contribution in [0.25, 0.3) is 0 Å². The first kappa shape index (κ1) is 17.3. The Balaban J connectivity index is 2.10. The van der Waals surface area contributed by atoms with Crippen LogP contribution >= 0.6 is 11.6 Å². The minimum absolute atomic E-state index is 0.188. The zero-order valence-electron chi connectivity index (χ0n) is 14.6. The van der Waals surface area contributed by atoms with Gasteiger partial charge in [0.2, 0.25) is 5.91 Å². The van der Waals surface area contributed by atoms with Gasteiger partial charge in [0.05, 0.1) is 0 Å². The van der Waals surface area contributed by atoms with Gasteiger partial charge in [-0.3, -0.25) is 10.1 Å². The average Bonchev–Trinajstić information content (AvgIpc) is 2.56. The Kier molecular flexibility index (Phi) is 4.45. The Morgan fingerprint density at radius 1 is 1.20 bits per heavy atom. The number of halogens is 1. The fraction of sp³-hybridized carbons (Fsp3) is 0.300. The Bertz CT molecular complexity index is 827. The number of nitrogens with zero attached hydrogens (tertiary/aromatic N) is 2. The number of carbonyl (C=O) groups is 1. The molecular weight excluding hydrogens is 334 g/mol. The third-order valence-electron chi connectivity index (χ3n) is 4.80. The maximum absolute atomic E-state index is 11.8. The largest absolute Gasteiger partial charge is 0.340 e. The van der Waals surface area contributed by atoms with Crippen molar-refractivity contribution in [3.8, 4) is 6.19 Å². The highest BCUT2D eigenvalue weighted by Crippen LogP contribution is 2.49. The Morgan fingerprint density at radius 2 is 1.84 bits per heavy atom. The lowest BCUT2D eigenvalue weighted by Crippen LogP contribution is -2.35. The second-order valence-electron chi connectivity index (χ2n) is 6.87. The smallest absolute Gasteiger partial charge is 0.234 e. The van der Waals surface area contributed by atoms with Crippen LogP contribution in [0.15, 0.2) is 36.4 Å². The molecule has 0 saturated heterocycles. The molecule has 0 atom stereocenters. The molecule has 2 aromatic carbocycles. The predicted molar refractivity (Wildman–Crippen MR) is 100 cm³/mol. The van der Waals surface area contributed by atoms with Crippen molar-refractivity contribution in [2.24, 2.45) is 0 Å². The molecule has 25 heavy (non-hydrogen) atoms. The quantitative estimate of drug-likeness (QED) is 0.656. The second-order valence-corrected chi connectivity index (χ2v) is 7.31. The summed E-state index contributed by atoms with van der Waals surface area (Å²) in [5.41, 5.74) is 5.50. The molecule has 0 fully saturated rings. The van der Waals surface area contributed by atoms with E-state index in [1.165, 1.54) is 11.1 Å². The van der Waals surface area contributed by atoms with E-state index in [1.807, 2.05) is 18.2 Å². The molecule has 1 N–H and O–H groups in total. The first-order chi connectivity index (χ1) is 11.8. The molecule has 2 aromatic rings. The number of nitriles is 1. The van der Waals surface area contributed by atoms with Crippen molar-refractivity contribution in [1.82, 2.24) is 5.32 Å². The Hall–Kier alpha value is -2.51. The summed E-state index contributed by atoms with van der Waals surface area (Å²) in [6.45, 7) is 6.96. The van der Waals surface area contributed by atoms with E-state index in [0.29, 0.717) is 11.6 Å². The van der Waals surface area contributed by atoms with Crippen LogP contribution in [0.5, 0.6) is 0 Å². The average molecular weight is 354 g/mol. The summed E-state index contributed by atoms with van der Waals surface area (Å²) >= 11 is 6.26. The second kappa shape index (κ2) is 6.42. The van der Waals surface area contributed by atoms with Gasteiger partial charge in [-0.25, -0.2) is 0 Å². The van der Waals surface area contributed by atoms with Crippen LogP contribution in [-0.2, 0) is 10.2 Å². The molecule has 1 aliphatic heterocycles. The van der Waals surface area contributed by atoms with Crippen molar-refractivity contribution in [2.75, 3.05) is 11.4 Å². The zero-order valence-corrected chi connectivity index (χ0v) is 15.3. The van der Waals surface area contributed by atoms with Crippen molar-refractivity contribution in [3.05, 3.63) is 58.1 Å². The SMILES string of the molecule is Cc1ccc2c(c1)C(C)(C)c1cc(Cl)ccc1N2CCC(=O)NC#N. The zero-order chi connectivity index (χ0) is 18.2. The highest BCUT2D eigenvalue weighted by Gasteiger charge is 2.36. The van der Waals surface area contributed by atoms with Crippen LogP contribution in [0, 0.1) is 18.4 Å². The Labute approximate surface area is 153 Å². The summed E-state index contributed by atoms with van der Waals surface area (Å²) < 4.78 is 0. The monoisotopic (exact) mass is 353 g/mol. The molecule has 0 saturated carbocycles. The lowest BCUT2D eigenvalue weighted by molar-refractivity contribution is -0.119. The first-order valence-corrected chi connectivity index (χ1v) is 8.59. The molecule has 0 aliphatic carbocycles. The molecule has 0 radical (unpaired) electrons. The normalized spacial score (nSPS) is 14.3. The fourth-order valence-corrected chi connectivity index (χ4v) is 3.66. The summed E-state index contributed by atoms with van der Waals surface area (Å²) in [5.74, 6) is -0.281. The van der Waals surface area contributed by atoms with Gasteiger partial charge in [-0.15, -0.1) is 0 Å². The fourth-order valence-electron chi connectivity index (χ4n) is 3.48. The Morgan fingerprint density at radius 3 is 2.52 bits per heavy atom. The van der Waals surface area contributed by atoms with Gasteiger partial charge in [0, 0.05) is 34.8 Å². The van der Waals surface area contributed by atoms with Gasteiger partial charge in [0.15, 0.2) is 6.19 Å². The van der Waals surface area contributed by atoms with E-state index < -0.39 is 0 Å². The number of hydrogen-bond donors (Lipinski definition) is 1. The number of anilines is 2. The summed E-state index contributed by atoms with van der Waals surface area (Å²) in [4.78, 5) is 13.9. The molecule has 5 heteroatoms. The lowest BCUT2D eigenvalue weighted by Gasteiger charge is -2.42. The number of fused-ring (bicyclic) bond motifs is 2. The number of amides is 1. The number of nitrogens with one attached hydrogen (secondary N) is 1.